The highest BCUT2D eigenvalue weighted by atomic mass is 32.1. The highest BCUT2D eigenvalue weighted by Crippen LogP contribution is 2.58. The molecule has 0 atom stereocenters. The number of hydrogen-bond donors (Lipinski definition) is 0. The van der Waals surface area contributed by atoms with Gasteiger partial charge in [-0.3, -0.25) is 4.79 Å². The summed E-state index contributed by atoms with van der Waals surface area (Å²) in [5, 5.41) is 11.0. The second kappa shape index (κ2) is 5.38. The summed E-state index contributed by atoms with van der Waals surface area (Å²) >= 11 is 1.52. The Kier molecular flexibility index (Phi) is 3.49. The van der Waals surface area contributed by atoms with Gasteiger partial charge in [-0.2, -0.15) is 5.26 Å². The van der Waals surface area contributed by atoms with Crippen molar-refractivity contribution in [2.75, 3.05) is 6.54 Å². The summed E-state index contributed by atoms with van der Waals surface area (Å²) in [5.41, 5.74) is 0.0483. The first-order valence-corrected chi connectivity index (χ1v) is 9.30. The molecule has 4 aliphatic rings. The highest BCUT2D eigenvalue weighted by Gasteiger charge is 2.54. The van der Waals surface area contributed by atoms with Crippen molar-refractivity contribution in [2.45, 2.75) is 50.5 Å². The van der Waals surface area contributed by atoms with Gasteiger partial charge in [-0.25, -0.2) is 0 Å². The van der Waals surface area contributed by atoms with Crippen LogP contribution >= 0.6 is 11.3 Å². The highest BCUT2D eigenvalue weighted by molar-refractivity contribution is 7.12. The molecule has 4 bridgehead atoms. The summed E-state index contributed by atoms with van der Waals surface area (Å²) in [4.78, 5) is 16.0. The van der Waals surface area contributed by atoms with Crippen molar-refractivity contribution < 1.29 is 4.79 Å². The Morgan fingerprint density at radius 2 is 1.91 bits per heavy atom. The van der Waals surface area contributed by atoms with E-state index in [2.05, 4.69) is 11.0 Å². The number of nitriles is 1. The monoisotopic (exact) mass is 314 g/mol. The molecule has 0 saturated heterocycles. The predicted octanol–water partition coefficient (Wildman–Crippen LogP) is 4.07. The van der Waals surface area contributed by atoms with Crippen LogP contribution < -0.4 is 0 Å². The number of carbonyl (C=O) groups excluding carboxylic acids is 1. The van der Waals surface area contributed by atoms with Crippen molar-refractivity contribution >= 4 is 17.2 Å². The third kappa shape index (κ3) is 2.27. The maximum atomic E-state index is 13.1. The van der Waals surface area contributed by atoms with Gasteiger partial charge in [0.25, 0.3) is 5.91 Å². The lowest BCUT2D eigenvalue weighted by atomic mass is 9.52. The zero-order chi connectivity index (χ0) is 15.2. The third-order valence-electron chi connectivity index (χ3n) is 6.00. The van der Waals surface area contributed by atoms with Crippen molar-refractivity contribution in [2.24, 2.45) is 17.8 Å². The maximum absolute atomic E-state index is 13.1. The van der Waals surface area contributed by atoms with Crippen LogP contribution in [0.5, 0.6) is 0 Å². The number of carbonyl (C=O) groups is 1. The van der Waals surface area contributed by atoms with E-state index in [1.165, 1.54) is 49.9 Å². The molecule has 22 heavy (non-hydrogen) atoms. The molecule has 3 nitrogen and oxygen atoms in total. The molecule has 1 heterocycles. The Morgan fingerprint density at radius 1 is 1.27 bits per heavy atom. The Labute approximate surface area is 135 Å². The van der Waals surface area contributed by atoms with Crippen LogP contribution in [-0.2, 0) is 0 Å². The van der Waals surface area contributed by atoms with E-state index in [0.717, 1.165) is 22.6 Å². The molecule has 0 radical (unpaired) electrons. The molecule has 4 heteroatoms. The van der Waals surface area contributed by atoms with Crippen LogP contribution in [0.15, 0.2) is 17.5 Å². The van der Waals surface area contributed by atoms with Gasteiger partial charge in [0.05, 0.1) is 17.4 Å². The first kappa shape index (κ1) is 14.3. The Bertz CT molecular complexity index is 566. The number of nitrogens with zero attached hydrogens (tertiary/aromatic N) is 2. The topological polar surface area (TPSA) is 44.1 Å². The second-order valence-electron chi connectivity index (χ2n) is 7.48. The van der Waals surface area contributed by atoms with Crippen molar-refractivity contribution in [3.05, 3.63) is 22.4 Å². The first-order valence-electron chi connectivity index (χ1n) is 8.42. The molecule has 0 spiro atoms. The maximum Gasteiger partial charge on any atom is 0.264 e. The van der Waals surface area contributed by atoms with E-state index in [-0.39, 0.29) is 11.4 Å². The van der Waals surface area contributed by atoms with E-state index in [1.807, 2.05) is 17.5 Å². The summed E-state index contributed by atoms with van der Waals surface area (Å²) in [5.74, 6) is 2.60. The minimum atomic E-state index is 0.0483. The van der Waals surface area contributed by atoms with Crippen LogP contribution in [0.4, 0.5) is 0 Å². The average Bonchev–Trinajstić information content (AvgIpc) is 3.00. The van der Waals surface area contributed by atoms with Crippen LogP contribution in [0, 0.1) is 29.1 Å². The molecule has 4 saturated carbocycles. The van der Waals surface area contributed by atoms with Crippen molar-refractivity contribution in [1.29, 1.82) is 5.26 Å². The second-order valence-corrected chi connectivity index (χ2v) is 8.43. The fraction of sp³-hybridized carbons (Fsp3) is 0.667. The van der Waals surface area contributed by atoms with Gasteiger partial charge in [-0.15, -0.1) is 11.3 Å². The number of hydrogen-bond acceptors (Lipinski definition) is 3. The van der Waals surface area contributed by atoms with Crippen molar-refractivity contribution in [1.82, 2.24) is 4.90 Å². The SMILES string of the molecule is N#CCCN(C(=O)c1cccs1)C12CC3CC(CC(C3)C1)C2. The van der Waals surface area contributed by atoms with Crippen LogP contribution in [0.1, 0.15) is 54.6 Å². The number of amides is 1. The molecular formula is C18H22N2OS. The van der Waals surface area contributed by atoms with Crippen LogP contribution in [0.25, 0.3) is 0 Å². The molecule has 5 rings (SSSR count). The summed E-state index contributed by atoms with van der Waals surface area (Å²) < 4.78 is 0. The molecule has 116 valence electrons. The zero-order valence-electron chi connectivity index (χ0n) is 12.8. The van der Waals surface area contributed by atoms with Crippen molar-refractivity contribution in [3.63, 3.8) is 0 Å². The molecule has 0 N–H and O–H groups in total. The molecule has 1 aromatic heterocycles. The van der Waals surface area contributed by atoms with E-state index in [1.54, 1.807) is 0 Å². The van der Waals surface area contributed by atoms with E-state index < -0.39 is 0 Å². The molecule has 0 aromatic carbocycles. The lowest BCUT2D eigenvalue weighted by molar-refractivity contribution is -0.0739. The smallest absolute Gasteiger partial charge is 0.264 e. The number of rotatable bonds is 4. The van der Waals surface area contributed by atoms with Gasteiger partial charge in [-0.1, -0.05) is 6.07 Å². The standard InChI is InChI=1S/C18H22N2OS/c19-4-2-5-20(17(21)16-3-1-6-22-16)18-10-13-7-14(11-18)9-15(8-13)12-18/h1,3,6,13-15H,2,5,7-12H2. The quantitative estimate of drug-likeness (QED) is 0.840. The van der Waals surface area contributed by atoms with Gasteiger partial charge in [0.1, 0.15) is 0 Å². The Hall–Kier alpha value is -1.34. The molecular weight excluding hydrogens is 292 g/mol. The van der Waals surface area contributed by atoms with E-state index >= 15 is 0 Å². The Morgan fingerprint density at radius 3 is 2.41 bits per heavy atom. The van der Waals surface area contributed by atoms with E-state index in [4.69, 9.17) is 5.26 Å². The predicted molar refractivity (Wildman–Crippen MR) is 86.5 cm³/mol. The largest absolute Gasteiger partial charge is 0.331 e. The third-order valence-corrected chi connectivity index (χ3v) is 6.86. The van der Waals surface area contributed by atoms with Crippen LogP contribution in [0.2, 0.25) is 0 Å². The van der Waals surface area contributed by atoms with Gasteiger partial charge >= 0.3 is 0 Å². The molecule has 1 amide bonds. The molecule has 0 unspecified atom stereocenters. The summed E-state index contributed by atoms with van der Waals surface area (Å²) in [6.07, 6.45) is 8.07. The minimum Gasteiger partial charge on any atom is -0.331 e. The van der Waals surface area contributed by atoms with Gasteiger partial charge in [0.15, 0.2) is 0 Å². The van der Waals surface area contributed by atoms with Gasteiger partial charge in [0.2, 0.25) is 0 Å². The summed E-state index contributed by atoms with van der Waals surface area (Å²) in [6.45, 7) is 0.597. The minimum absolute atomic E-state index is 0.0483. The first-order chi connectivity index (χ1) is 10.7. The fourth-order valence-electron chi connectivity index (χ4n) is 5.64. The normalized spacial score (nSPS) is 35.3. The lowest BCUT2D eigenvalue weighted by Crippen LogP contribution is -2.61. The van der Waals surface area contributed by atoms with Crippen LogP contribution in [0.3, 0.4) is 0 Å². The fourth-order valence-corrected chi connectivity index (χ4v) is 6.32. The zero-order valence-corrected chi connectivity index (χ0v) is 13.6. The summed E-state index contributed by atoms with van der Waals surface area (Å²) in [6, 6.07) is 6.11. The molecule has 0 aliphatic heterocycles. The Balaban J connectivity index is 1.65. The van der Waals surface area contributed by atoms with Crippen LogP contribution in [-0.4, -0.2) is 22.9 Å². The van der Waals surface area contributed by atoms with Gasteiger partial charge in [0, 0.05) is 12.1 Å². The van der Waals surface area contributed by atoms with Gasteiger partial charge < -0.3 is 4.90 Å². The van der Waals surface area contributed by atoms with E-state index in [9.17, 15) is 4.79 Å². The molecule has 4 fully saturated rings. The lowest BCUT2D eigenvalue weighted by Gasteiger charge is -2.60. The van der Waals surface area contributed by atoms with Crippen molar-refractivity contribution in [3.8, 4) is 6.07 Å². The molecule has 4 aliphatic carbocycles. The number of thiophene rings is 1. The summed E-state index contributed by atoms with van der Waals surface area (Å²) in [7, 11) is 0. The molecule has 1 aromatic rings. The van der Waals surface area contributed by atoms with E-state index in [0.29, 0.717) is 13.0 Å². The van der Waals surface area contributed by atoms with Gasteiger partial charge in [-0.05, 0) is 67.7 Å². The average molecular weight is 314 g/mol.